The molecule has 1 saturated heterocycles. The van der Waals surface area contributed by atoms with E-state index in [0.717, 1.165) is 49.7 Å². The van der Waals surface area contributed by atoms with Gasteiger partial charge in [0.05, 0.1) is 37.1 Å². The van der Waals surface area contributed by atoms with Gasteiger partial charge >= 0.3 is 0 Å². The van der Waals surface area contributed by atoms with Crippen molar-refractivity contribution in [1.82, 2.24) is 20.2 Å². The highest BCUT2D eigenvalue weighted by molar-refractivity contribution is 5.94. The Balaban J connectivity index is 1.29. The lowest BCUT2D eigenvalue weighted by Crippen LogP contribution is -2.35. The van der Waals surface area contributed by atoms with Gasteiger partial charge in [-0.3, -0.25) is 14.5 Å². The van der Waals surface area contributed by atoms with E-state index in [1.807, 2.05) is 18.2 Å². The Morgan fingerprint density at radius 2 is 2.07 bits per heavy atom. The largest absolute Gasteiger partial charge is 0.459 e. The average molecular weight is 397 g/mol. The van der Waals surface area contributed by atoms with Gasteiger partial charge in [-0.05, 0) is 30.3 Å². The molecule has 2 amide bonds. The topological polar surface area (TPSA) is 112 Å². The first-order chi connectivity index (χ1) is 14.2. The number of furan rings is 1. The molecule has 0 radical (unpaired) electrons. The summed E-state index contributed by atoms with van der Waals surface area (Å²) in [6.45, 7) is 4.26. The molecule has 1 aliphatic heterocycles. The standard InChI is InChI=1S/C20H23N5O4/c26-19(5-6-21-20(27)17-2-1-9-29-17)22-14-3-4-15-16(12-14)24-18(23-15)13-25-7-10-28-11-8-25/h1-4,9,12H,5-8,10-11,13H2,(H,21,27)(H,22,26)(H,23,24). The molecule has 9 nitrogen and oxygen atoms in total. The van der Waals surface area contributed by atoms with E-state index in [1.165, 1.54) is 6.26 Å². The maximum atomic E-state index is 12.2. The molecule has 0 atom stereocenters. The van der Waals surface area contributed by atoms with Crippen molar-refractivity contribution in [1.29, 1.82) is 0 Å². The summed E-state index contributed by atoms with van der Waals surface area (Å²) in [5, 5.41) is 5.50. The van der Waals surface area contributed by atoms with E-state index in [0.29, 0.717) is 5.69 Å². The predicted octanol–water partition coefficient (Wildman–Crippen LogP) is 1.75. The van der Waals surface area contributed by atoms with E-state index in [2.05, 4.69) is 25.5 Å². The fraction of sp³-hybridized carbons (Fsp3) is 0.350. The third-order valence-electron chi connectivity index (χ3n) is 4.67. The minimum atomic E-state index is -0.338. The highest BCUT2D eigenvalue weighted by Gasteiger charge is 2.14. The molecule has 0 unspecified atom stereocenters. The summed E-state index contributed by atoms with van der Waals surface area (Å²) >= 11 is 0. The van der Waals surface area contributed by atoms with Crippen molar-refractivity contribution in [3.8, 4) is 0 Å². The van der Waals surface area contributed by atoms with Crippen LogP contribution in [0.2, 0.25) is 0 Å². The number of amides is 2. The molecule has 29 heavy (non-hydrogen) atoms. The molecule has 9 heteroatoms. The minimum Gasteiger partial charge on any atom is -0.459 e. The molecular weight excluding hydrogens is 374 g/mol. The number of hydrogen-bond acceptors (Lipinski definition) is 6. The molecule has 1 aromatic carbocycles. The normalized spacial score (nSPS) is 14.8. The van der Waals surface area contributed by atoms with Crippen LogP contribution < -0.4 is 10.6 Å². The number of nitrogens with one attached hydrogen (secondary N) is 3. The molecule has 152 valence electrons. The Bertz CT molecular complexity index is 976. The molecule has 2 aromatic heterocycles. The summed E-state index contributed by atoms with van der Waals surface area (Å²) in [7, 11) is 0. The summed E-state index contributed by atoms with van der Waals surface area (Å²) < 4.78 is 10.4. The first kappa shape index (κ1) is 19.2. The highest BCUT2D eigenvalue weighted by atomic mass is 16.5. The summed E-state index contributed by atoms with van der Waals surface area (Å²) in [6, 6.07) is 8.77. The number of hydrogen-bond donors (Lipinski definition) is 3. The summed E-state index contributed by atoms with van der Waals surface area (Å²) in [5.74, 6) is 0.598. The monoisotopic (exact) mass is 397 g/mol. The number of anilines is 1. The second-order valence-corrected chi connectivity index (χ2v) is 6.84. The molecule has 0 spiro atoms. The van der Waals surface area contributed by atoms with Gasteiger partial charge in [-0.15, -0.1) is 0 Å². The molecule has 4 rings (SSSR count). The number of benzene rings is 1. The number of ether oxygens (including phenoxy) is 1. The van der Waals surface area contributed by atoms with Crippen molar-refractivity contribution in [3.63, 3.8) is 0 Å². The SMILES string of the molecule is O=C(CCNC(=O)c1ccco1)Nc1ccc2nc(CN3CCOCC3)[nH]c2c1. The third-order valence-corrected chi connectivity index (χ3v) is 4.67. The third kappa shape index (κ3) is 5.01. The van der Waals surface area contributed by atoms with Crippen molar-refractivity contribution < 1.29 is 18.7 Å². The van der Waals surface area contributed by atoms with Crippen LogP contribution in [-0.2, 0) is 16.1 Å². The number of aromatic amines is 1. The molecule has 3 heterocycles. The van der Waals surface area contributed by atoms with Gasteiger partial charge < -0.3 is 24.8 Å². The molecule has 1 aliphatic rings. The van der Waals surface area contributed by atoms with Gasteiger partial charge in [-0.25, -0.2) is 4.98 Å². The maximum absolute atomic E-state index is 12.2. The molecule has 0 aliphatic carbocycles. The number of rotatable bonds is 7. The Kier molecular flexibility index (Phi) is 5.87. The van der Waals surface area contributed by atoms with Crippen LogP contribution in [0.3, 0.4) is 0 Å². The Morgan fingerprint density at radius 3 is 2.86 bits per heavy atom. The van der Waals surface area contributed by atoms with Crippen LogP contribution in [0, 0.1) is 0 Å². The molecule has 1 fully saturated rings. The fourth-order valence-electron chi connectivity index (χ4n) is 3.19. The number of carbonyl (C=O) groups excluding carboxylic acids is 2. The summed E-state index contributed by atoms with van der Waals surface area (Å²) in [4.78, 5) is 34.2. The van der Waals surface area contributed by atoms with Crippen LogP contribution in [0.4, 0.5) is 5.69 Å². The lowest BCUT2D eigenvalue weighted by molar-refractivity contribution is -0.116. The molecular formula is C20H23N5O4. The van der Waals surface area contributed by atoms with E-state index in [9.17, 15) is 9.59 Å². The van der Waals surface area contributed by atoms with Crippen LogP contribution in [0.25, 0.3) is 11.0 Å². The van der Waals surface area contributed by atoms with Gasteiger partial charge in [-0.1, -0.05) is 0 Å². The van der Waals surface area contributed by atoms with Crippen molar-refractivity contribution in [3.05, 3.63) is 48.2 Å². The van der Waals surface area contributed by atoms with Gasteiger partial charge in [0.15, 0.2) is 5.76 Å². The number of nitrogens with zero attached hydrogens (tertiary/aromatic N) is 2. The van der Waals surface area contributed by atoms with E-state index >= 15 is 0 Å². The number of H-pyrrole nitrogens is 1. The van der Waals surface area contributed by atoms with Crippen molar-refractivity contribution >= 4 is 28.5 Å². The number of fused-ring (bicyclic) bond motifs is 1. The first-order valence-electron chi connectivity index (χ1n) is 9.58. The zero-order chi connectivity index (χ0) is 20.1. The maximum Gasteiger partial charge on any atom is 0.286 e. The molecule has 0 bridgehead atoms. The first-order valence-corrected chi connectivity index (χ1v) is 9.58. The second kappa shape index (κ2) is 8.89. The van der Waals surface area contributed by atoms with E-state index in [-0.39, 0.29) is 30.5 Å². The number of morpholine rings is 1. The van der Waals surface area contributed by atoms with Crippen LogP contribution in [0.1, 0.15) is 22.8 Å². The number of carbonyl (C=O) groups is 2. The average Bonchev–Trinajstić information content (AvgIpc) is 3.38. The molecule has 0 saturated carbocycles. The molecule has 3 N–H and O–H groups in total. The van der Waals surface area contributed by atoms with E-state index in [1.54, 1.807) is 12.1 Å². The predicted molar refractivity (Wildman–Crippen MR) is 106 cm³/mol. The summed E-state index contributed by atoms with van der Waals surface area (Å²) in [5.41, 5.74) is 2.41. The lowest BCUT2D eigenvalue weighted by Gasteiger charge is -2.25. The Labute approximate surface area is 167 Å². The zero-order valence-electron chi connectivity index (χ0n) is 15.9. The Hall–Kier alpha value is -3.17. The van der Waals surface area contributed by atoms with Crippen molar-refractivity contribution in [2.75, 3.05) is 38.2 Å². The smallest absolute Gasteiger partial charge is 0.286 e. The minimum absolute atomic E-state index is 0.162. The summed E-state index contributed by atoms with van der Waals surface area (Å²) in [6.07, 6.45) is 1.59. The van der Waals surface area contributed by atoms with Crippen LogP contribution in [-0.4, -0.2) is 59.5 Å². The molecule has 3 aromatic rings. The van der Waals surface area contributed by atoms with E-state index in [4.69, 9.17) is 9.15 Å². The van der Waals surface area contributed by atoms with E-state index < -0.39 is 0 Å². The van der Waals surface area contributed by atoms with Gasteiger partial charge in [0, 0.05) is 31.7 Å². The van der Waals surface area contributed by atoms with Crippen LogP contribution >= 0.6 is 0 Å². The highest BCUT2D eigenvalue weighted by Crippen LogP contribution is 2.18. The van der Waals surface area contributed by atoms with Gasteiger partial charge in [0.1, 0.15) is 5.82 Å². The number of imidazole rings is 1. The van der Waals surface area contributed by atoms with Gasteiger partial charge in [0.25, 0.3) is 5.91 Å². The van der Waals surface area contributed by atoms with Gasteiger partial charge in [-0.2, -0.15) is 0 Å². The van der Waals surface area contributed by atoms with Gasteiger partial charge in [0.2, 0.25) is 5.91 Å². The fourth-order valence-corrected chi connectivity index (χ4v) is 3.19. The van der Waals surface area contributed by atoms with Crippen LogP contribution in [0.15, 0.2) is 41.0 Å². The van der Waals surface area contributed by atoms with Crippen molar-refractivity contribution in [2.24, 2.45) is 0 Å². The quantitative estimate of drug-likeness (QED) is 0.560. The van der Waals surface area contributed by atoms with Crippen LogP contribution in [0.5, 0.6) is 0 Å². The van der Waals surface area contributed by atoms with Crippen molar-refractivity contribution in [2.45, 2.75) is 13.0 Å². The zero-order valence-corrected chi connectivity index (χ0v) is 15.9. The number of aromatic nitrogens is 2. The lowest BCUT2D eigenvalue weighted by atomic mass is 10.2. The second-order valence-electron chi connectivity index (χ2n) is 6.84. The Morgan fingerprint density at radius 1 is 1.21 bits per heavy atom.